The van der Waals surface area contributed by atoms with E-state index in [2.05, 4.69) is 45.2 Å². The van der Waals surface area contributed by atoms with E-state index in [4.69, 9.17) is 23.2 Å². The van der Waals surface area contributed by atoms with Gasteiger partial charge >= 0.3 is 0 Å². The molecule has 0 amide bonds. The summed E-state index contributed by atoms with van der Waals surface area (Å²) in [5.74, 6) is 0. The van der Waals surface area contributed by atoms with Crippen molar-refractivity contribution in [3.8, 4) is 0 Å². The second-order valence-electron chi connectivity index (χ2n) is 1.66. The summed E-state index contributed by atoms with van der Waals surface area (Å²) in [4.78, 5) is 0. The molecule has 0 bridgehead atoms. The standard InChI is InChI=1S/C6H2Cl2I2/c7-3-1-2-4(8)6(10)5(3)9/h1-2H. The van der Waals surface area contributed by atoms with Crippen molar-refractivity contribution in [2.24, 2.45) is 0 Å². The highest BCUT2D eigenvalue weighted by Gasteiger charge is 2.04. The number of hydrogen-bond donors (Lipinski definition) is 0. The molecule has 0 radical (unpaired) electrons. The first-order chi connectivity index (χ1) is 4.63. The van der Waals surface area contributed by atoms with Crippen molar-refractivity contribution >= 4 is 68.4 Å². The smallest absolute Gasteiger partial charge is 0.0551 e. The molecule has 0 spiro atoms. The Morgan fingerprint density at radius 1 is 0.900 bits per heavy atom. The van der Waals surface area contributed by atoms with Gasteiger partial charge in [0.15, 0.2) is 0 Å². The first kappa shape index (κ1) is 9.35. The molecule has 54 valence electrons. The lowest BCUT2D eigenvalue weighted by molar-refractivity contribution is 1.58. The highest BCUT2D eigenvalue weighted by atomic mass is 127. The maximum atomic E-state index is 5.81. The summed E-state index contributed by atoms with van der Waals surface area (Å²) in [5.41, 5.74) is 0. The molecule has 4 heteroatoms. The van der Waals surface area contributed by atoms with Crippen LogP contribution in [0.1, 0.15) is 0 Å². The van der Waals surface area contributed by atoms with Crippen molar-refractivity contribution in [1.29, 1.82) is 0 Å². The summed E-state index contributed by atoms with van der Waals surface area (Å²) >= 11 is 16.0. The maximum absolute atomic E-state index is 5.81. The third kappa shape index (κ3) is 1.89. The third-order valence-corrected chi connectivity index (χ3v) is 5.53. The average Bonchev–Trinajstić information content (AvgIpc) is 1.93. The van der Waals surface area contributed by atoms with E-state index in [1.165, 1.54) is 0 Å². The second-order valence-corrected chi connectivity index (χ2v) is 4.63. The zero-order valence-electron chi connectivity index (χ0n) is 4.67. The fourth-order valence-corrected chi connectivity index (χ4v) is 2.08. The van der Waals surface area contributed by atoms with Crippen molar-refractivity contribution in [2.75, 3.05) is 0 Å². The Balaban J connectivity index is 3.34. The van der Waals surface area contributed by atoms with Crippen molar-refractivity contribution in [3.05, 3.63) is 29.3 Å². The monoisotopic (exact) mass is 398 g/mol. The van der Waals surface area contributed by atoms with Crippen LogP contribution in [-0.4, -0.2) is 0 Å². The molecule has 0 fully saturated rings. The molecule has 0 aromatic heterocycles. The molecule has 1 rings (SSSR count). The van der Waals surface area contributed by atoms with Crippen LogP contribution in [0.3, 0.4) is 0 Å². The van der Waals surface area contributed by atoms with Crippen LogP contribution in [0.25, 0.3) is 0 Å². The summed E-state index contributed by atoms with van der Waals surface area (Å²) in [5, 5.41) is 1.52. The van der Waals surface area contributed by atoms with Crippen molar-refractivity contribution < 1.29 is 0 Å². The van der Waals surface area contributed by atoms with Gasteiger partial charge in [0.1, 0.15) is 0 Å². The van der Waals surface area contributed by atoms with Gasteiger partial charge in [-0.2, -0.15) is 0 Å². The third-order valence-electron chi connectivity index (χ3n) is 0.988. The van der Waals surface area contributed by atoms with Crippen LogP contribution in [0.2, 0.25) is 10.0 Å². The summed E-state index contributed by atoms with van der Waals surface area (Å²) in [7, 11) is 0. The van der Waals surface area contributed by atoms with Gasteiger partial charge < -0.3 is 0 Å². The normalized spacial score (nSPS) is 10.0. The van der Waals surface area contributed by atoms with Gasteiger partial charge in [0.25, 0.3) is 0 Å². The molecule has 0 unspecified atom stereocenters. The summed E-state index contributed by atoms with van der Waals surface area (Å²) < 4.78 is 2.04. The Kier molecular flexibility index (Phi) is 3.53. The van der Waals surface area contributed by atoms with Crippen molar-refractivity contribution in [1.82, 2.24) is 0 Å². The van der Waals surface area contributed by atoms with Gasteiger partial charge in [0, 0.05) is 7.14 Å². The van der Waals surface area contributed by atoms with Crippen LogP contribution in [0, 0.1) is 7.14 Å². The molecule has 1 aromatic carbocycles. The van der Waals surface area contributed by atoms with E-state index in [0.717, 1.165) is 17.2 Å². The molecule has 0 N–H and O–H groups in total. The number of benzene rings is 1. The zero-order chi connectivity index (χ0) is 7.72. The number of hydrogen-bond acceptors (Lipinski definition) is 0. The van der Waals surface area contributed by atoms with E-state index in [9.17, 15) is 0 Å². The predicted molar refractivity (Wildman–Crippen MR) is 61.9 cm³/mol. The van der Waals surface area contributed by atoms with Gasteiger partial charge in [-0.1, -0.05) is 23.2 Å². The van der Waals surface area contributed by atoms with Gasteiger partial charge in [-0.05, 0) is 57.3 Å². The molecule has 0 heterocycles. The van der Waals surface area contributed by atoms with Gasteiger partial charge in [0.05, 0.1) is 10.0 Å². The van der Waals surface area contributed by atoms with Crippen LogP contribution in [0.4, 0.5) is 0 Å². The molecular formula is C6H2Cl2I2. The SMILES string of the molecule is Clc1ccc(Cl)c(I)c1I. The largest absolute Gasteiger partial charge is 0.0831 e. The molecule has 0 aliphatic heterocycles. The molecule has 0 aliphatic rings. The summed E-state index contributed by atoms with van der Waals surface area (Å²) in [6.45, 7) is 0. The Bertz CT molecular complexity index is 233. The summed E-state index contributed by atoms with van der Waals surface area (Å²) in [6.07, 6.45) is 0. The van der Waals surface area contributed by atoms with E-state index >= 15 is 0 Å². The zero-order valence-corrected chi connectivity index (χ0v) is 10.5. The first-order valence-corrected chi connectivity index (χ1v) is 5.33. The first-order valence-electron chi connectivity index (χ1n) is 2.42. The van der Waals surface area contributed by atoms with Crippen LogP contribution in [-0.2, 0) is 0 Å². The van der Waals surface area contributed by atoms with E-state index < -0.39 is 0 Å². The second kappa shape index (κ2) is 3.78. The van der Waals surface area contributed by atoms with Gasteiger partial charge in [-0.3, -0.25) is 0 Å². The van der Waals surface area contributed by atoms with Crippen LogP contribution < -0.4 is 0 Å². The molecule has 1 aromatic rings. The lowest BCUT2D eigenvalue weighted by atomic mass is 10.4. The van der Waals surface area contributed by atoms with E-state index in [1.54, 1.807) is 12.1 Å². The average molecular weight is 399 g/mol. The fourth-order valence-electron chi connectivity index (χ4n) is 0.502. The summed E-state index contributed by atoms with van der Waals surface area (Å²) in [6, 6.07) is 3.60. The molecule has 0 atom stereocenters. The molecule has 0 saturated heterocycles. The van der Waals surface area contributed by atoms with Gasteiger partial charge in [-0.15, -0.1) is 0 Å². The van der Waals surface area contributed by atoms with Crippen LogP contribution in [0.15, 0.2) is 12.1 Å². The van der Waals surface area contributed by atoms with Crippen molar-refractivity contribution in [2.45, 2.75) is 0 Å². The van der Waals surface area contributed by atoms with Crippen molar-refractivity contribution in [3.63, 3.8) is 0 Å². The molecular weight excluding hydrogens is 397 g/mol. The lowest BCUT2D eigenvalue weighted by Crippen LogP contribution is -1.81. The lowest BCUT2D eigenvalue weighted by Gasteiger charge is -1.99. The van der Waals surface area contributed by atoms with Gasteiger partial charge in [-0.25, -0.2) is 0 Å². The van der Waals surface area contributed by atoms with Crippen LogP contribution in [0.5, 0.6) is 0 Å². The Morgan fingerprint density at radius 3 is 1.50 bits per heavy atom. The van der Waals surface area contributed by atoms with Crippen LogP contribution >= 0.6 is 68.4 Å². The quantitative estimate of drug-likeness (QED) is 0.349. The highest BCUT2D eigenvalue weighted by Crippen LogP contribution is 2.29. The van der Waals surface area contributed by atoms with Gasteiger partial charge in [0.2, 0.25) is 0 Å². The predicted octanol–water partition coefficient (Wildman–Crippen LogP) is 4.20. The minimum absolute atomic E-state index is 0.759. The Labute approximate surface area is 96.6 Å². The Hall–Kier alpha value is 1.26. The molecule has 0 saturated carbocycles. The van der Waals surface area contributed by atoms with E-state index in [-0.39, 0.29) is 0 Å². The molecule has 0 nitrogen and oxygen atoms in total. The van der Waals surface area contributed by atoms with E-state index in [0.29, 0.717) is 0 Å². The topological polar surface area (TPSA) is 0 Å². The molecule has 0 aliphatic carbocycles. The van der Waals surface area contributed by atoms with E-state index in [1.807, 2.05) is 0 Å². The number of halogens is 4. The number of rotatable bonds is 0. The highest BCUT2D eigenvalue weighted by molar-refractivity contribution is 14.1. The minimum Gasteiger partial charge on any atom is -0.0831 e. The molecule has 10 heavy (non-hydrogen) atoms. The Morgan fingerprint density at radius 2 is 1.20 bits per heavy atom. The minimum atomic E-state index is 0.759. The maximum Gasteiger partial charge on any atom is 0.0551 e. The fraction of sp³-hybridized carbons (Fsp3) is 0.